The predicted molar refractivity (Wildman–Crippen MR) is 143 cm³/mol. The third-order valence-electron chi connectivity index (χ3n) is 6.58. The molecule has 1 aliphatic heterocycles. The van der Waals surface area contributed by atoms with Gasteiger partial charge in [0.25, 0.3) is 0 Å². The van der Waals surface area contributed by atoms with Gasteiger partial charge in [0.15, 0.2) is 0 Å². The smallest absolute Gasteiger partial charge is 0.326 e. The van der Waals surface area contributed by atoms with Gasteiger partial charge in [0.2, 0.25) is 5.88 Å². The van der Waals surface area contributed by atoms with Crippen molar-refractivity contribution in [1.29, 1.82) is 0 Å². The molecule has 3 N–H and O–H groups in total. The molecule has 3 aromatic rings. The number of pyridine rings is 2. The molecule has 0 spiro atoms. The second-order valence-electron chi connectivity index (χ2n) is 9.32. The lowest BCUT2D eigenvalue weighted by molar-refractivity contribution is -0.138. The van der Waals surface area contributed by atoms with Gasteiger partial charge in [-0.1, -0.05) is 12.1 Å². The van der Waals surface area contributed by atoms with E-state index in [4.69, 9.17) is 9.72 Å². The highest BCUT2D eigenvalue weighted by Crippen LogP contribution is 2.20. The van der Waals surface area contributed by atoms with Crippen LogP contribution in [0.2, 0.25) is 0 Å². The number of hydrogen-bond donors (Lipinski definition) is 3. The number of fused-ring (bicyclic) bond motifs is 1. The molecule has 198 valence electrons. The molecular weight excluding hydrogens is 470 g/mol. The fourth-order valence-corrected chi connectivity index (χ4v) is 4.46. The zero-order valence-electron chi connectivity index (χ0n) is 21.5. The topological polar surface area (TPSA) is 117 Å². The Labute approximate surface area is 218 Å². The number of nitrogens with one attached hydrogen (secondary N) is 2. The van der Waals surface area contributed by atoms with Crippen LogP contribution in [0.15, 0.2) is 48.8 Å². The molecule has 0 saturated heterocycles. The molecular formula is C27H37N7O3. The van der Waals surface area contributed by atoms with Crippen LogP contribution in [0.25, 0.3) is 0 Å². The van der Waals surface area contributed by atoms with E-state index in [0.29, 0.717) is 37.8 Å². The summed E-state index contributed by atoms with van der Waals surface area (Å²) in [4.78, 5) is 23.2. The summed E-state index contributed by atoms with van der Waals surface area (Å²) in [6, 6.07) is 11.0. The molecule has 1 aliphatic rings. The Morgan fingerprint density at radius 3 is 2.89 bits per heavy atom. The maximum atomic E-state index is 11.9. The molecule has 0 aromatic carbocycles. The highest BCUT2D eigenvalue weighted by molar-refractivity contribution is 5.76. The van der Waals surface area contributed by atoms with E-state index in [1.807, 2.05) is 18.2 Å². The molecule has 0 fully saturated rings. The number of hydrogen-bond acceptors (Lipinski definition) is 8. The Morgan fingerprint density at radius 1 is 1.19 bits per heavy atom. The third-order valence-corrected chi connectivity index (χ3v) is 6.58. The van der Waals surface area contributed by atoms with Gasteiger partial charge in [-0.25, -0.2) is 14.8 Å². The molecule has 10 nitrogen and oxygen atoms in total. The number of nitrogens with zero attached hydrogens (tertiary/aromatic N) is 5. The highest BCUT2D eigenvalue weighted by Gasteiger charge is 2.20. The van der Waals surface area contributed by atoms with Crippen molar-refractivity contribution >= 4 is 17.6 Å². The Hall–Kier alpha value is -3.66. The molecule has 0 radical (unpaired) electrons. The molecule has 37 heavy (non-hydrogen) atoms. The van der Waals surface area contributed by atoms with Crippen LogP contribution in [-0.2, 0) is 24.7 Å². The SMILES string of the molecule is Cn1nccc1N[C@@H](CCN(CCCCc1ccc2c(n1)NCCC2)CCOc1ccccn1)C(=O)O. The third kappa shape index (κ3) is 8.18. The Balaban J connectivity index is 1.28. The molecule has 4 rings (SSSR count). The minimum Gasteiger partial charge on any atom is -0.480 e. The van der Waals surface area contributed by atoms with Gasteiger partial charge in [0.1, 0.15) is 24.3 Å². The standard InChI is InChI=1S/C27H37N7O3/c1-33-24(12-16-30-33)32-23(27(35)36)13-18-34(19-20-37-25-9-2-4-14-28-25)17-5-3-8-22-11-10-21-7-6-15-29-26(21)31-22/h2,4,9-12,14,16,23,32H,3,5-8,13,15,17-20H2,1H3,(H,29,31)(H,35,36)/t23-/m0/s1. The first-order chi connectivity index (χ1) is 18.1. The average Bonchev–Trinajstić information content (AvgIpc) is 3.32. The van der Waals surface area contributed by atoms with E-state index in [-0.39, 0.29) is 0 Å². The lowest BCUT2D eigenvalue weighted by atomic mass is 10.1. The molecule has 10 heteroatoms. The van der Waals surface area contributed by atoms with Crippen LogP contribution in [0, 0.1) is 0 Å². The number of aromatic nitrogens is 4. The maximum Gasteiger partial charge on any atom is 0.326 e. The lowest BCUT2D eigenvalue weighted by Gasteiger charge is -2.24. The monoisotopic (exact) mass is 507 g/mol. The van der Waals surface area contributed by atoms with E-state index in [0.717, 1.165) is 56.7 Å². The number of carboxylic acids is 1. The Kier molecular flexibility index (Phi) is 9.70. The number of carboxylic acid groups (broad SMARTS) is 1. The van der Waals surface area contributed by atoms with Gasteiger partial charge < -0.3 is 20.5 Å². The predicted octanol–water partition coefficient (Wildman–Crippen LogP) is 3.23. The number of rotatable bonds is 15. The summed E-state index contributed by atoms with van der Waals surface area (Å²) in [5.41, 5.74) is 2.42. The largest absolute Gasteiger partial charge is 0.480 e. The van der Waals surface area contributed by atoms with Crippen LogP contribution < -0.4 is 15.4 Å². The van der Waals surface area contributed by atoms with Crippen molar-refractivity contribution in [2.45, 2.75) is 44.6 Å². The van der Waals surface area contributed by atoms with Crippen LogP contribution in [0.5, 0.6) is 5.88 Å². The number of anilines is 2. The normalized spacial score (nSPS) is 13.6. The van der Waals surface area contributed by atoms with Crippen molar-refractivity contribution in [2.24, 2.45) is 7.05 Å². The first kappa shape index (κ1) is 26.4. The van der Waals surface area contributed by atoms with E-state index in [1.165, 1.54) is 5.56 Å². The molecule has 0 aliphatic carbocycles. The fraction of sp³-hybridized carbons (Fsp3) is 0.481. The van der Waals surface area contributed by atoms with E-state index >= 15 is 0 Å². The molecule has 0 amide bonds. The van der Waals surface area contributed by atoms with Gasteiger partial charge in [-0.2, -0.15) is 5.10 Å². The summed E-state index contributed by atoms with van der Waals surface area (Å²) < 4.78 is 7.44. The molecule has 1 atom stereocenters. The minimum absolute atomic E-state index is 0.460. The molecule has 3 aromatic heterocycles. The molecule has 4 heterocycles. The van der Waals surface area contributed by atoms with Crippen molar-refractivity contribution in [2.75, 3.05) is 43.4 Å². The first-order valence-electron chi connectivity index (χ1n) is 13.0. The summed E-state index contributed by atoms with van der Waals surface area (Å²) in [7, 11) is 1.79. The Bertz CT molecular complexity index is 1120. The molecule has 0 bridgehead atoms. The van der Waals surface area contributed by atoms with Gasteiger partial charge >= 0.3 is 5.97 Å². The van der Waals surface area contributed by atoms with Gasteiger partial charge in [-0.3, -0.25) is 9.58 Å². The Morgan fingerprint density at radius 2 is 2.11 bits per heavy atom. The van der Waals surface area contributed by atoms with Gasteiger partial charge in [0, 0.05) is 50.7 Å². The number of aryl methyl sites for hydroxylation is 3. The van der Waals surface area contributed by atoms with Crippen molar-refractivity contribution in [3.05, 3.63) is 60.0 Å². The van der Waals surface area contributed by atoms with E-state index in [2.05, 4.69) is 37.7 Å². The second-order valence-corrected chi connectivity index (χ2v) is 9.32. The zero-order valence-corrected chi connectivity index (χ0v) is 21.5. The van der Waals surface area contributed by atoms with Crippen LogP contribution in [-0.4, -0.2) is 74.6 Å². The van der Waals surface area contributed by atoms with E-state index in [1.54, 1.807) is 30.2 Å². The lowest BCUT2D eigenvalue weighted by Crippen LogP contribution is -2.37. The number of ether oxygens (including phenoxy) is 1. The zero-order chi connectivity index (χ0) is 25.9. The van der Waals surface area contributed by atoms with Crippen LogP contribution in [0.4, 0.5) is 11.6 Å². The molecule has 0 saturated carbocycles. The second kappa shape index (κ2) is 13.6. The summed E-state index contributed by atoms with van der Waals surface area (Å²) in [5.74, 6) is 1.44. The maximum absolute atomic E-state index is 11.9. The van der Waals surface area contributed by atoms with Crippen molar-refractivity contribution < 1.29 is 14.6 Å². The number of unbranched alkanes of at least 4 members (excludes halogenated alkanes) is 1. The number of carbonyl (C=O) groups is 1. The average molecular weight is 508 g/mol. The molecule has 0 unspecified atom stereocenters. The quantitative estimate of drug-likeness (QED) is 0.267. The van der Waals surface area contributed by atoms with Crippen molar-refractivity contribution in [3.63, 3.8) is 0 Å². The van der Waals surface area contributed by atoms with Crippen LogP contribution >= 0.6 is 0 Å². The van der Waals surface area contributed by atoms with E-state index in [9.17, 15) is 9.90 Å². The van der Waals surface area contributed by atoms with Crippen molar-refractivity contribution in [3.8, 4) is 5.88 Å². The summed E-state index contributed by atoms with van der Waals surface area (Å²) >= 11 is 0. The van der Waals surface area contributed by atoms with Gasteiger partial charge in [-0.15, -0.1) is 0 Å². The highest BCUT2D eigenvalue weighted by atomic mass is 16.5. The summed E-state index contributed by atoms with van der Waals surface area (Å²) in [6.07, 6.45) is 9.00. The fourth-order valence-electron chi connectivity index (χ4n) is 4.46. The summed E-state index contributed by atoms with van der Waals surface area (Å²) in [5, 5.41) is 20.4. The van der Waals surface area contributed by atoms with Gasteiger partial charge in [-0.05, 0) is 62.8 Å². The first-order valence-corrected chi connectivity index (χ1v) is 13.0. The van der Waals surface area contributed by atoms with Crippen LogP contribution in [0.3, 0.4) is 0 Å². The van der Waals surface area contributed by atoms with Crippen molar-refractivity contribution in [1.82, 2.24) is 24.6 Å². The van der Waals surface area contributed by atoms with E-state index < -0.39 is 12.0 Å². The number of aliphatic carboxylic acids is 1. The van der Waals surface area contributed by atoms with Crippen LogP contribution in [0.1, 0.15) is 36.9 Å². The minimum atomic E-state index is -0.877. The van der Waals surface area contributed by atoms with Gasteiger partial charge in [0.05, 0.1) is 6.20 Å². The summed E-state index contributed by atoms with van der Waals surface area (Å²) in [6.45, 7) is 3.66.